The highest BCUT2D eigenvalue weighted by Crippen LogP contribution is 2.24. The molecule has 0 atom stereocenters. The topological polar surface area (TPSA) is 3.24 Å². The first-order valence-electron chi connectivity index (χ1n) is 6.43. The summed E-state index contributed by atoms with van der Waals surface area (Å²) >= 11 is 0. The molecule has 0 spiro atoms. The number of rotatable bonds is 4. The molecule has 112 valence electrons. The van der Waals surface area contributed by atoms with Gasteiger partial charge in [-0.3, -0.25) is 0 Å². The number of halogens is 3. The molecule has 0 saturated carbocycles. The van der Waals surface area contributed by atoms with E-state index in [4.69, 9.17) is 0 Å². The second-order valence-corrected chi connectivity index (χ2v) is 4.89. The van der Waals surface area contributed by atoms with E-state index in [1.165, 1.54) is 24.3 Å². The minimum atomic E-state index is -0.264. The van der Waals surface area contributed by atoms with Gasteiger partial charge >= 0.3 is 0 Å². The number of likely N-dealkylation sites (N-methyl/N-ethyl adjacent to an activating group) is 1. The van der Waals surface area contributed by atoms with E-state index in [0.29, 0.717) is 0 Å². The number of hydrogen-bond donors (Lipinski definition) is 0. The highest BCUT2D eigenvalue weighted by molar-refractivity contribution is 5.85. The van der Waals surface area contributed by atoms with Crippen molar-refractivity contribution in [2.24, 2.45) is 0 Å². The van der Waals surface area contributed by atoms with E-state index >= 15 is 0 Å². The van der Waals surface area contributed by atoms with Crippen LogP contribution in [0.1, 0.15) is 11.1 Å². The summed E-state index contributed by atoms with van der Waals surface area (Å²) in [5, 5.41) is 0. The lowest BCUT2D eigenvalue weighted by Crippen LogP contribution is -2.11. The van der Waals surface area contributed by atoms with Crippen molar-refractivity contribution < 1.29 is 8.78 Å². The molecule has 0 aliphatic carbocycles. The Labute approximate surface area is 130 Å². The van der Waals surface area contributed by atoms with Crippen LogP contribution >= 0.6 is 12.4 Å². The second kappa shape index (κ2) is 7.91. The van der Waals surface area contributed by atoms with Gasteiger partial charge in [-0.15, -0.1) is 12.4 Å². The Morgan fingerprint density at radius 2 is 1.24 bits per heavy atom. The third-order valence-corrected chi connectivity index (χ3v) is 2.97. The zero-order valence-corrected chi connectivity index (χ0v) is 12.8. The lowest BCUT2D eigenvalue weighted by Gasteiger charge is -2.11. The minimum Gasteiger partial charge on any atom is -0.306 e. The van der Waals surface area contributed by atoms with Crippen molar-refractivity contribution in [1.82, 2.24) is 4.90 Å². The van der Waals surface area contributed by atoms with Gasteiger partial charge in [0.05, 0.1) is 0 Å². The standard InChI is InChI=1S/C17H17F2N.ClH/c1-20(2)12-11-17(13-3-7-15(18)8-4-13)14-5-9-16(19)10-6-14;/h3-11H,12H2,1-2H3;1H. The SMILES string of the molecule is CN(C)CC=C(c1ccc(F)cc1)c1ccc(F)cc1.Cl. The van der Waals surface area contributed by atoms with E-state index in [1.807, 2.05) is 19.0 Å². The monoisotopic (exact) mass is 309 g/mol. The summed E-state index contributed by atoms with van der Waals surface area (Å²) in [6.07, 6.45) is 2.06. The van der Waals surface area contributed by atoms with Crippen molar-refractivity contribution in [2.75, 3.05) is 20.6 Å². The minimum absolute atomic E-state index is 0. The van der Waals surface area contributed by atoms with Crippen molar-refractivity contribution in [3.8, 4) is 0 Å². The summed E-state index contributed by atoms with van der Waals surface area (Å²) in [4.78, 5) is 2.03. The average Bonchev–Trinajstić information content (AvgIpc) is 2.42. The Bertz CT molecular complexity index is 542. The molecule has 2 rings (SSSR count). The first-order valence-corrected chi connectivity index (χ1v) is 6.43. The molecule has 0 radical (unpaired) electrons. The Morgan fingerprint density at radius 1 is 0.857 bits per heavy atom. The van der Waals surface area contributed by atoms with Gasteiger partial charge in [0.15, 0.2) is 0 Å². The zero-order chi connectivity index (χ0) is 14.5. The molecule has 0 amide bonds. The van der Waals surface area contributed by atoms with Gasteiger partial charge in [-0.25, -0.2) is 8.78 Å². The molecule has 0 aromatic heterocycles. The molecule has 0 fully saturated rings. The lowest BCUT2D eigenvalue weighted by atomic mass is 9.97. The third-order valence-electron chi connectivity index (χ3n) is 2.97. The molecular formula is C17H18ClF2N. The molecular weight excluding hydrogens is 292 g/mol. The smallest absolute Gasteiger partial charge is 0.123 e. The highest BCUT2D eigenvalue weighted by Gasteiger charge is 2.06. The first-order chi connectivity index (χ1) is 9.56. The molecule has 2 aromatic rings. The maximum atomic E-state index is 13.0. The average molecular weight is 310 g/mol. The van der Waals surface area contributed by atoms with E-state index in [0.717, 1.165) is 23.2 Å². The normalized spacial score (nSPS) is 10.1. The van der Waals surface area contributed by atoms with Crippen LogP contribution in [0.5, 0.6) is 0 Å². The van der Waals surface area contributed by atoms with E-state index in [9.17, 15) is 8.78 Å². The molecule has 2 aromatic carbocycles. The molecule has 4 heteroatoms. The van der Waals surface area contributed by atoms with Gasteiger partial charge in [-0.1, -0.05) is 30.3 Å². The molecule has 1 nitrogen and oxygen atoms in total. The molecule has 0 unspecified atom stereocenters. The molecule has 0 aliphatic heterocycles. The number of nitrogens with zero attached hydrogens (tertiary/aromatic N) is 1. The summed E-state index contributed by atoms with van der Waals surface area (Å²) < 4.78 is 26.1. The van der Waals surface area contributed by atoms with Gasteiger partial charge in [0.2, 0.25) is 0 Å². The van der Waals surface area contributed by atoms with Crippen LogP contribution < -0.4 is 0 Å². The fourth-order valence-electron chi connectivity index (χ4n) is 1.94. The van der Waals surface area contributed by atoms with Crippen LogP contribution in [0.15, 0.2) is 54.6 Å². The van der Waals surface area contributed by atoms with Crippen molar-refractivity contribution in [1.29, 1.82) is 0 Å². The van der Waals surface area contributed by atoms with Crippen molar-refractivity contribution >= 4 is 18.0 Å². The molecule has 21 heavy (non-hydrogen) atoms. The number of benzene rings is 2. The van der Waals surface area contributed by atoms with Crippen LogP contribution in [-0.4, -0.2) is 25.5 Å². The van der Waals surface area contributed by atoms with Crippen molar-refractivity contribution in [3.63, 3.8) is 0 Å². The van der Waals surface area contributed by atoms with Crippen LogP contribution in [0.3, 0.4) is 0 Å². The van der Waals surface area contributed by atoms with Crippen LogP contribution in [0.25, 0.3) is 5.57 Å². The molecule has 0 N–H and O–H groups in total. The second-order valence-electron chi connectivity index (χ2n) is 4.89. The van der Waals surface area contributed by atoms with Crippen LogP contribution in [0.2, 0.25) is 0 Å². The molecule has 0 bridgehead atoms. The maximum absolute atomic E-state index is 13.0. The Morgan fingerprint density at radius 3 is 1.57 bits per heavy atom. The largest absolute Gasteiger partial charge is 0.306 e. The van der Waals surface area contributed by atoms with Crippen LogP contribution in [-0.2, 0) is 0 Å². The van der Waals surface area contributed by atoms with Gasteiger partial charge in [0.25, 0.3) is 0 Å². The predicted molar refractivity (Wildman–Crippen MR) is 85.7 cm³/mol. The molecule has 0 saturated heterocycles. The fraction of sp³-hybridized carbons (Fsp3) is 0.176. The summed E-state index contributed by atoms with van der Waals surface area (Å²) in [6, 6.07) is 12.7. The third kappa shape index (κ3) is 4.96. The van der Waals surface area contributed by atoms with Gasteiger partial charge < -0.3 is 4.90 Å². The quantitative estimate of drug-likeness (QED) is 0.810. The van der Waals surface area contributed by atoms with Crippen LogP contribution in [0, 0.1) is 11.6 Å². The summed E-state index contributed by atoms with van der Waals surface area (Å²) in [5.74, 6) is -0.528. The van der Waals surface area contributed by atoms with E-state index in [-0.39, 0.29) is 24.0 Å². The lowest BCUT2D eigenvalue weighted by molar-refractivity contribution is 0.457. The van der Waals surface area contributed by atoms with E-state index in [2.05, 4.69) is 6.08 Å². The summed E-state index contributed by atoms with van der Waals surface area (Å²) in [6.45, 7) is 0.754. The number of hydrogen-bond acceptors (Lipinski definition) is 1. The molecule has 0 heterocycles. The van der Waals surface area contributed by atoms with Gasteiger partial charge in [0.1, 0.15) is 11.6 Å². The zero-order valence-electron chi connectivity index (χ0n) is 12.0. The van der Waals surface area contributed by atoms with E-state index in [1.54, 1.807) is 24.3 Å². The fourth-order valence-corrected chi connectivity index (χ4v) is 1.94. The van der Waals surface area contributed by atoms with Gasteiger partial charge in [0, 0.05) is 6.54 Å². The Kier molecular flexibility index (Phi) is 6.53. The Balaban J connectivity index is 0.00000220. The van der Waals surface area contributed by atoms with Crippen molar-refractivity contribution in [2.45, 2.75) is 0 Å². The molecule has 0 aliphatic rings. The highest BCUT2D eigenvalue weighted by atomic mass is 35.5. The van der Waals surface area contributed by atoms with Gasteiger partial charge in [-0.05, 0) is 55.1 Å². The van der Waals surface area contributed by atoms with Crippen molar-refractivity contribution in [3.05, 3.63) is 77.4 Å². The summed E-state index contributed by atoms with van der Waals surface area (Å²) in [5.41, 5.74) is 2.80. The first kappa shape index (κ1) is 17.3. The van der Waals surface area contributed by atoms with Gasteiger partial charge in [-0.2, -0.15) is 0 Å². The predicted octanol–water partition coefficient (Wildman–Crippen LogP) is 4.38. The van der Waals surface area contributed by atoms with E-state index < -0.39 is 0 Å². The maximum Gasteiger partial charge on any atom is 0.123 e. The Hall–Kier alpha value is -1.71. The summed E-state index contributed by atoms with van der Waals surface area (Å²) in [7, 11) is 3.95. The van der Waals surface area contributed by atoms with Crippen LogP contribution in [0.4, 0.5) is 8.78 Å².